The molecule has 0 saturated carbocycles. The fourth-order valence-corrected chi connectivity index (χ4v) is 5.11. The molecule has 0 unspecified atom stereocenters. The van der Waals surface area contributed by atoms with E-state index in [4.69, 9.17) is 18.8 Å². The first-order valence-corrected chi connectivity index (χ1v) is 15.6. The third-order valence-electron chi connectivity index (χ3n) is 7.25. The lowest BCUT2D eigenvalue weighted by Gasteiger charge is -2.36. The smallest absolute Gasteiger partial charge is 0.250 e. The summed E-state index contributed by atoms with van der Waals surface area (Å²) in [6.45, 7) is 10.8. The summed E-state index contributed by atoms with van der Waals surface area (Å²) in [4.78, 5) is 9.57. The van der Waals surface area contributed by atoms with Crippen molar-refractivity contribution in [3.05, 3.63) is 102 Å². The third-order valence-corrected chi connectivity index (χ3v) is 11.6. The molecule has 0 bridgehead atoms. The van der Waals surface area contributed by atoms with E-state index in [2.05, 4.69) is 33.9 Å². The van der Waals surface area contributed by atoms with E-state index in [1.807, 2.05) is 36.4 Å². The molecule has 0 amide bonds. The molecular weight excluding hydrogens is 497 g/mol. The van der Waals surface area contributed by atoms with Crippen molar-refractivity contribution in [3.63, 3.8) is 0 Å². The zero-order chi connectivity index (χ0) is 27.1. The largest absolute Gasteiger partial charge is 0.543 e. The highest BCUT2D eigenvalue weighted by Crippen LogP contribution is 2.38. The van der Waals surface area contributed by atoms with E-state index in [1.165, 1.54) is 6.07 Å². The maximum atomic E-state index is 15.3. The van der Waals surface area contributed by atoms with Gasteiger partial charge in [0.15, 0.2) is 5.65 Å². The van der Waals surface area contributed by atoms with E-state index in [9.17, 15) is 5.11 Å². The van der Waals surface area contributed by atoms with Crippen LogP contribution in [0.4, 0.5) is 4.39 Å². The Hall–Kier alpha value is -3.91. The SMILES string of the molecule is CC(C)(C)[Si](C)(C)Oc1ccc(F)c(-c2cn3c(O)c(Cc4ccco4)nc3c(Cc3ccccc3)n2)c1. The van der Waals surface area contributed by atoms with Gasteiger partial charge in [0, 0.05) is 18.2 Å². The number of aromatic nitrogens is 3. The van der Waals surface area contributed by atoms with Crippen molar-refractivity contribution in [1.82, 2.24) is 14.4 Å². The normalized spacial score (nSPS) is 12.3. The number of aromatic hydroxyl groups is 1. The van der Waals surface area contributed by atoms with E-state index in [1.54, 1.807) is 35.1 Å². The molecule has 196 valence electrons. The molecule has 0 saturated heterocycles. The van der Waals surface area contributed by atoms with Crippen LogP contribution in [0.15, 0.2) is 77.5 Å². The highest BCUT2D eigenvalue weighted by atomic mass is 28.4. The van der Waals surface area contributed by atoms with Gasteiger partial charge in [-0.15, -0.1) is 0 Å². The number of furan rings is 1. The minimum absolute atomic E-state index is 0.00540. The van der Waals surface area contributed by atoms with Crippen LogP contribution in [0.25, 0.3) is 16.9 Å². The van der Waals surface area contributed by atoms with Crippen LogP contribution in [0.2, 0.25) is 18.1 Å². The molecule has 8 heteroatoms. The van der Waals surface area contributed by atoms with Gasteiger partial charge in [-0.2, -0.15) is 0 Å². The predicted molar refractivity (Wildman–Crippen MR) is 149 cm³/mol. The van der Waals surface area contributed by atoms with E-state index in [-0.39, 0.29) is 10.9 Å². The molecule has 3 heterocycles. The van der Waals surface area contributed by atoms with Crippen LogP contribution in [0, 0.1) is 5.82 Å². The van der Waals surface area contributed by atoms with Crippen LogP contribution in [-0.4, -0.2) is 27.8 Å². The Balaban J connectivity index is 1.63. The maximum Gasteiger partial charge on any atom is 0.250 e. The van der Waals surface area contributed by atoms with Gasteiger partial charge in [-0.25, -0.2) is 14.4 Å². The average molecular weight is 530 g/mol. The molecular formula is C30H32FN3O3Si. The molecule has 0 fully saturated rings. The van der Waals surface area contributed by atoms with Crippen LogP contribution < -0.4 is 4.43 Å². The molecule has 0 aliphatic rings. The highest BCUT2D eigenvalue weighted by Gasteiger charge is 2.39. The lowest BCUT2D eigenvalue weighted by Crippen LogP contribution is -2.43. The van der Waals surface area contributed by atoms with Crippen LogP contribution in [0.1, 0.15) is 43.5 Å². The summed E-state index contributed by atoms with van der Waals surface area (Å²) in [5.74, 6) is 0.847. The number of halogens is 1. The Labute approximate surface area is 222 Å². The summed E-state index contributed by atoms with van der Waals surface area (Å²) in [5, 5.41) is 11.1. The van der Waals surface area contributed by atoms with Crippen molar-refractivity contribution in [2.75, 3.05) is 0 Å². The fourth-order valence-electron chi connectivity index (χ4n) is 4.09. The second kappa shape index (κ2) is 9.76. The molecule has 0 aliphatic carbocycles. The van der Waals surface area contributed by atoms with Gasteiger partial charge in [-0.1, -0.05) is 51.1 Å². The van der Waals surface area contributed by atoms with Gasteiger partial charge < -0.3 is 13.9 Å². The second-order valence-electron chi connectivity index (χ2n) is 11.1. The highest BCUT2D eigenvalue weighted by molar-refractivity contribution is 6.74. The van der Waals surface area contributed by atoms with Crippen molar-refractivity contribution >= 4 is 14.0 Å². The zero-order valence-electron chi connectivity index (χ0n) is 22.3. The molecule has 0 radical (unpaired) electrons. The minimum Gasteiger partial charge on any atom is -0.543 e. The van der Waals surface area contributed by atoms with Gasteiger partial charge >= 0.3 is 0 Å². The Kier molecular flexibility index (Phi) is 6.61. The number of imidazole rings is 1. The Morgan fingerprint density at radius 1 is 0.974 bits per heavy atom. The lowest BCUT2D eigenvalue weighted by molar-refractivity contribution is 0.438. The van der Waals surface area contributed by atoms with Crippen LogP contribution in [-0.2, 0) is 12.8 Å². The van der Waals surface area contributed by atoms with Gasteiger partial charge in [-0.05, 0) is 54.0 Å². The Morgan fingerprint density at radius 3 is 2.42 bits per heavy atom. The topological polar surface area (TPSA) is 72.8 Å². The van der Waals surface area contributed by atoms with Crippen molar-refractivity contribution in [2.24, 2.45) is 0 Å². The van der Waals surface area contributed by atoms with Gasteiger partial charge in [0.1, 0.15) is 23.0 Å². The molecule has 1 N–H and O–H groups in total. The molecule has 3 aromatic heterocycles. The monoisotopic (exact) mass is 529 g/mol. The summed E-state index contributed by atoms with van der Waals surface area (Å²) in [5.41, 5.74) is 3.33. The van der Waals surface area contributed by atoms with E-state index < -0.39 is 14.1 Å². The van der Waals surface area contributed by atoms with Crippen molar-refractivity contribution in [1.29, 1.82) is 0 Å². The molecule has 38 heavy (non-hydrogen) atoms. The number of benzene rings is 2. The summed E-state index contributed by atoms with van der Waals surface area (Å²) in [7, 11) is -2.14. The first kappa shape index (κ1) is 25.7. The van der Waals surface area contributed by atoms with Crippen LogP contribution in [0.3, 0.4) is 0 Å². The van der Waals surface area contributed by atoms with E-state index in [0.29, 0.717) is 52.6 Å². The second-order valence-corrected chi connectivity index (χ2v) is 15.8. The third kappa shape index (κ3) is 5.09. The number of rotatable bonds is 7. The quantitative estimate of drug-likeness (QED) is 0.222. The summed E-state index contributed by atoms with van der Waals surface area (Å²) in [6, 6.07) is 18.3. The number of hydrogen-bond donors (Lipinski definition) is 1. The van der Waals surface area contributed by atoms with Crippen molar-refractivity contribution in [2.45, 2.75) is 51.7 Å². The first-order chi connectivity index (χ1) is 18.0. The lowest BCUT2D eigenvalue weighted by atomic mass is 10.1. The molecule has 0 atom stereocenters. The number of hydrogen-bond acceptors (Lipinski definition) is 5. The zero-order valence-corrected chi connectivity index (χ0v) is 23.3. The molecule has 2 aromatic carbocycles. The predicted octanol–water partition coefficient (Wildman–Crippen LogP) is 7.40. The molecule has 0 aliphatic heterocycles. The Bertz CT molecular complexity index is 1570. The molecule has 0 spiro atoms. The standard InChI is InChI=1S/C30H32FN3O3Si/c1-30(2,3)38(4,5)37-22-13-14-24(31)23(17-22)27-19-34-28(25(32-27)16-20-10-7-6-8-11-20)33-26(29(34)35)18-21-12-9-15-36-21/h6-15,17,19,35H,16,18H2,1-5H3. The van der Waals surface area contributed by atoms with Crippen LogP contribution in [0.5, 0.6) is 11.6 Å². The maximum absolute atomic E-state index is 15.3. The van der Waals surface area contributed by atoms with Gasteiger partial charge in [-0.3, -0.25) is 4.40 Å². The molecule has 5 rings (SSSR count). The minimum atomic E-state index is -2.14. The number of fused-ring (bicyclic) bond motifs is 1. The van der Waals surface area contributed by atoms with E-state index >= 15 is 4.39 Å². The fraction of sp³-hybridized carbons (Fsp3) is 0.267. The molecule has 6 nitrogen and oxygen atoms in total. The molecule has 5 aromatic rings. The summed E-state index contributed by atoms with van der Waals surface area (Å²) in [6.07, 6.45) is 4.01. The average Bonchev–Trinajstić information content (AvgIpc) is 3.49. The van der Waals surface area contributed by atoms with Gasteiger partial charge in [0.25, 0.3) is 0 Å². The summed E-state index contributed by atoms with van der Waals surface area (Å²) < 4.78 is 28.8. The Morgan fingerprint density at radius 2 is 1.74 bits per heavy atom. The summed E-state index contributed by atoms with van der Waals surface area (Å²) >= 11 is 0. The first-order valence-electron chi connectivity index (χ1n) is 12.7. The van der Waals surface area contributed by atoms with Crippen molar-refractivity contribution in [3.8, 4) is 22.9 Å². The van der Waals surface area contributed by atoms with E-state index in [0.717, 1.165) is 5.56 Å². The van der Waals surface area contributed by atoms with Gasteiger partial charge in [0.05, 0.1) is 24.1 Å². The van der Waals surface area contributed by atoms with Gasteiger partial charge in [0.2, 0.25) is 14.2 Å². The number of nitrogens with zero attached hydrogens (tertiary/aromatic N) is 3. The van der Waals surface area contributed by atoms with Crippen molar-refractivity contribution < 1.29 is 18.3 Å². The van der Waals surface area contributed by atoms with Crippen LogP contribution >= 0.6 is 0 Å².